The molecule has 0 aliphatic carbocycles. The first-order chi connectivity index (χ1) is 9.49. The van der Waals surface area contributed by atoms with Gasteiger partial charge >= 0.3 is 5.97 Å². The number of hydrogen-bond acceptors (Lipinski definition) is 3. The lowest BCUT2D eigenvalue weighted by Crippen LogP contribution is -2.45. The van der Waals surface area contributed by atoms with Crippen molar-refractivity contribution in [1.82, 2.24) is 15.1 Å². The summed E-state index contributed by atoms with van der Waals surface area (Å²) in [5.74, 6) is -1.07. The van der Waals surface area contributed by atoms with Gasteiger partial charge in [0, 0.05) is 23.8 Å². The maximum absolute atomic E-state index is 12.3. The average Bonchev–Trinajstić information content (AvgIpc) is 2.70. The Balaban J connectivity index is 2.10. The summed E-state index contributed by atoms with van der Waals surface area (Å²) in [6.07, 6.45) is 2.51. The van der Waals surface area contributed by atoms with Crippen LogP contribution in [0.3, 0.4) is 0 Å². The minimum absolute atomic E-state index is 0.0147. The predicted molar refractivity (Wildman–Crippen MR) is 71.5 cm³/mol. The van der Waals surface area contributed by atoms with Crippen LogP contribution in [0.2, 0.25) is 0 Å². The van der Waals surface area contributed by atoms with E-state index in [1.54, 1.807) is 11.8 Å². The number of carbonyl (C=O) groups excluding carboxylic acids is 1. The number of likely N-dealkylation sites (tertiary alicyclic amines) is 1. The highest BCUT2D eigenvalue weighted by Gasteiger charge is 2.29. The molecular weight excluding hydrogens is 262 g/mol. The molecule has 20 heavy (non-hydrogen) atoms. The van der Waals surface area contributed by atoms with Crippen molar-refractivity contribution in [2.75, 3.05) is 6.54 Å². The Bertz CT molecular complexity index is 560. The van der Waals surface area contributed by atoms with Gasteiger partial charge in [0.1, 0.15) is 0 Å². The fourth-order valence-corrected chi connectivity index (χ4v) is 2.68. The molecule has 2 rings (SSSR count). The van der Waals surface area contributed by atoms with Crippen LogP contribution < -0.4 is 5.56 Å². The van der Waals surface area contributed by atoms with Crippen LogP contribution >= 0.6 is 0 Å². The summed E-state index contributed by atoms with van der Waals surface area (Å²) in [5, 5.41) is 14.0. The summed E-state index contributed by atoms with van der Waals surface area (Å²) >= 11 is 0. The second-order valence-electron chi connectivity index (χ2n) is 5.19. The van der Waals surface area contributed by atoms with Crippen molar-refractivity contribution in [3.8, 4) is 0 Å². The molecule has 3 N–H and O–H groups in total. The maximum atomic E-state index is 12.3. The van der Waals surface area contributed by atoms with Crippen molar-refractivity contribution in [2.24, 2.45) is 0 Å². The quantitative estimate of drug-likeness (QED) is 0.743. The van der Waals surface area contributed by atoms with Crippen molar-refractivity contribution in [3.63, 3.8) is 0 Å². The molecule has 0 radical (unpaired) electrons. The van der Waals surface area contributed by atoms with E-state index in [4.69, 9.17) is 5.11 Å². The largest absolute Gasteiger partial charge is 0.481 e. The minimum atomic E-state index is -0.898. The molecule has 1 aliphatic rings. The summed E-state index contributed by atoms with van der Waals surface area (Å²) in [5.41, 5.74) is 0.785. The van der Waals surface area contributed by atoms with E-state index < -0.39 is 5.97 Å². The number of hydrogen-bond donors (Lipinski definition) is 3. The highest BCUT2D eigenvalue weighted by Crippen LogP contribution is 2.20. The van der Waals surface area contributed by atoms with Gasteiger partial charge in [0.15, 0.2) is 0 Å². The summed E-state index contributed by atoms with van der Waals surface area (Å²) < 4.78 is 0. The van der Waals surface area contributed by atoms with Gasteiger partial charge in [0.25, 0.3) is 5.56 Å². The molecule has 1 fully saturated rings. The van der Waals surface area contributed by atoms with Crippen LogP contribution in [-0.2, 0) is 16.0 Å². The number of amides is 1. The van der Waals surface area contributed by atoms with Gasteiger partial charge in [-0.15, -0.1) is 0 Å². The Morgan fingerprint density at radius 2 is 2.10 bits per heavy atom. The van der Waals surface area contributed by atoms with Gasteiger partial charge in [-0.05, 0) is 26.2 Å². The van der Waals surface area contributed by atoms with Gasteiger partial charge in [-0.2, -0.15) is 0 Å². The SMILES string of the molecule is Cc1[nH][nH]c(=O)c1CC(=O)N1CCCCC1CC(=O)O. The zero-order chi connectivity index (χ0) is 14.7. The molecule has 7 nitrogen and oxygen atoms in total. The van der Waals surface area contributed by atoms with Crippen LogP contribution in [0.15, 0.2) is 4.79 Å². The Hall–Kier alpha value is -2.05. The van der Waals surface area contributed by atoms with Crippen molar-refractivity contribution in [3.05, 3.63) is 21.6 Å². The van der Waals surface area contributed by atoms with Crippen molar-refractivity contribution in [1.29, 1.82) is 0 Å². The Morgan fingerprint density at radius 1 is 1.35 bits per heavy atom. The summed E-state index contributed by atoms with van der Waals surface area (Å²) in [6.45, 7) is 2.30. The first-order valence-corrected chi connectivity index (χ1v) is 6.76. The molecule has 1 aromatic heterocycles. The van der Waals surface area contributed by atoms with Crippen LogP contribution in [0.25, 0.3) is 0 Å². The van der Waals surface area contributed by atoms with Crippen molar-refractivity contribution >= 4 is 11.9 Å². The van der Waals surface area contributed by atoms with E-state index in [1.807, 2.05) is 0 Å². The number of piperidine rings is 1. The van der Waals surface area contributed by atoms with E-state index in [1.165, 1.54) is 0 Å². The first-order valence-electron chi connectivity index (χ1n) is 6.76. The van der Waals surface area contributed by atoms with Gasteiger partial charge in [-0.25, -0.2) is 0 Å². The number of aliphatic carboxylic acids is 1. The smallest absolute Gasteiger partial charge is 0.305 e. The molecule has 1 unspecified atom stereocenters. The minimum Gasteiger partial charge on any atom is -0.481 e. The number of nitrogens with one attached hydrogen (secondary N) is 2. The van der Waals surface area contributed by atoms with Gasteiger partial charge in [-0.1, -0.05) is 0 Å². The van der Waals surface area contributed by atoms with E-state index in [-0.39, 0.29) is 30.3 Å². The van der Waals surface area contributed by atoms with E-state index in [2.05, 4.69) is 10.2 Å². The molecule has 7 heteroatoms. The van der Waals surface area contributed by atoms with Crippen LogP contribution in [0.5, 0.6) is 0 Å². The third-order valence-electron chi connectivity index (χ3n) is 3.78. The number of H-pyrrole nitrogens is 2. The number of rotatable bonds is 4. The normalized spacial score (nSPS) is 19.1. The first kappa shape index (κ1) is 14.4. The Labute approximate surface area is 116 Å². The number of carbonyl (C=O) groups is 2. The van der Waals surface area contributed by atoms with E-state index >= 15 is 0 Å². The fraction of sp³-hybridized carbons (Fsp3) is 0.615. The fourth-order valence-electron chi connectivity index (χ4n) is 2.68. The van der Waals surface area contributed by atoms with E-state index in [0.29, 0.717) is 24.2 Å². The highest BCUT2D eigenvalue weighted by molar-refractivity contribution is 5.80. The van der Waals surface area contributed by atoms with Crippen LogP contribution in [0.4, 0.5) is 0 Å². The molecule has 0 spiro atoms. The lowest BCUT2D eigenvalue weighted by molar-refractivity contribution is -0.141. The Morgan fingerprint density at radius 3 is 2.70 bits per heavy atom. The molecular formula is C13H19N3O4. The van der Waals surface area contributed by atoms with Crippen molar-refractivity contribution < 1.29 is 14.7 Å². The third-order valence-corrected chi connectivity index (χ3v) is 3.78. The molecule has 0 saturated carbocycles. The topological polar surface area (TPSA) is 106 Å². The monoisotopic (exact) mass is 281 g/mol. The maximum Gasteiger partial charge on any atom is 0.305 e. The molecule has 1 amide bonds. The summed E-state index contributed by atoms with van der Waals surface area (Å²) in [7, 11) is 0. The lowest BCUT2D eigenvalue weighted by Gasteiger charge is -2.35. The second-order valence-corrected chi connectivity index (χ2v) is 5.19. The number of carboxylic acid groups (broad SMARTS) is 1. The Kier molecular flexibility index (Phi) is 4.26. The summed E-state index contributed by atoms with van der Waals surface area (Å²) in [4.78, 5) is 36.4. The molecule has 2 heterocycles. The molecule has 1 aliphatic heterocycles. The summed E-state index contributed by atoms with van der Waals surface area (Å²) in [6, 6.07) is -0.257. The number of aryl methyl sites for hydroxylation is 1. The molecule has 0 bridgehead atoms. The van der Waals surface area contributed by atoms with Gasteiger partial charge in [-0.3, -0.25) is 19.5 Å². The number of aromatic amines is 2. The van der Waals surface area contributed by atoms with Crippen LogP contribution in [0, 0.1) is 6.92 Å². The second kappa shape index (κ2) is 5.94. The third kappa shape index (κ3) is 3.09. The standard InChI is InChI=1S/C13H19N3O4/c1-8-10(13(20)15-14-8)7-11(17)16-5-3-2-4-9(16)6-12(18)19/h9H,2-7H2,1H3,(H,18,19)(H2,14,15,20). The molecule has 1 atom stereocenters. The zero-order valence-electron chi connectivity index (χ0n) is 11.4. The average molecular weight is 281 g/mol. The van der Waals surface area contributed by atoms with Crippen LogP contribution in [-0.4, -0.2) is 44.7 Å². The lowest BCUT2D eigenvalue weighted by atomic mass is 9.98. The van der Waals surface area contributed by atoms with Gasteiger partial charge in [0.05, 0.1) is 12.8 Å². The highest BCUT2D eigenvalue weighted by atomic mass is 16.4. The van der Waals surface area contributed by atoms with Gasteiger partial charge < -0.3 is 15.1 Å². The molecule has 0 aromatic carbocycles. The number of aromatic nitrogens is 2. The zero-order valence-corrected chi connectivity index (χ0v) is 11.4. The molecule has 1 aromatic rings. The van der Waals surface area contributed by atoms with E-state index in [0.717, 1.165) is 12.8 Å². The number of nitrogens with zero attached hydrogens (tertiary/aromatic N) is 1. The van der Waals surface area contributed by atoms with Crippen LogP contribution in [0.1, 0.15) is 36.9 Å². The predicted octanol–water partition coefficient (Wildman–Crippen LogP) is 0.410. The molecule has 1 saturated heterocycles. The van der Waals surface area contributed by atoms with Gasteiger partial charge in [0.2, 0.25) is 5.91 Å². The van der Waals surface area contributed by atoms with Crippen molar-refractivity contribution in [2.45, 2.75) is 45.1 Å². The molecule has 110 valence electrons. The van der Waals surface area contributed by atoms with E-state index in [9.17, 15) is 14.4 Å². The number of carboxylic acids is 1.